The smallest absolute Gasteiger partial charge is 0.0872 e. The lowest BCUT2D eigenvalue weighted by atomic mass is 9.83. The number of aliphatic hydroxyl groups is 1. The molecule has 3 nitrogen and oxygen atoms in total. The molecule has 0 atom stereocenters. The molecule has 2 aliphatic rings. The van der Waals surface area contributed by atoms with Gasteiger partial charge in [-0.25, -0.2) is 0 Å². The third-order valence-corrected chi connectivity index (χ3v) is 3.78. The molecule has 2 fully saturated rings. The fourth-order valence-corrected chi connectivity index (χ4v) is 3.06. The molecule has 2 rings (SSSR count). The third-order valence-electron chi connectivity index (χ3n) is 3.78. The fourth-order valence-electron chi connectivity index (χ4n) is 3.06. The predicted molar refractivity (Wildman–Crippen MR) is 57.0 cm³/mol. The van der Waals surface area contributed by atoms with Crippen LogP contribution >= 0.6 is 0 Å². The number of β-amino-alcohol motifs (C(OH)–C–C–N with tert-alkyl or cyclic N) is 1. The molecule has 1 heterocycles. The zero-order valence-electron chi connectivity index (χ0n) is 9.13. The lowest BCUT2D eigenvalue weighted by Gasteiger charge is -2.48. The molecule has 0 amide bonds. The van der Waals surface area contributed by atoms with Crippen molar-refractivity contribution in [1.29, 1.82) is 0 Å². The van der Waals surface area contributed by atoms with Gasteiger partial charge in [0, 0.05) is 19.6 Å². The summed E-state index contributed by atoms with van der Waals surface area (Å²) in [4.78, 5) is 2.35. The minimum absolute atomic E-state index is 0.372. The van der Waals surface area contributed by atoms with Gasteiger partial charge in [0.1, 0.15) is 0 Å². The summed E-state index contributed by atoms with van der Waals surface area (Å²) in [5, 5.41) is 9.64. The number of hydrogen-bond donors (Lipinski definition) is 2. The van der Waals surface area contributed by atoms with Gasteiger partial charge in [0.2, 0.25) is 0 Å². The molecule has 0 unspecified atom stereocenters. The van der Waals surface area contributed by atoms with Gasteiger partial charge in [0.15, 0.2) is 0 Å². The van der Waals surface area contributed by atoms with Crippen LogP contribution in [-0.4, -0.2) is 41.8 Å². The van der Waals surface area contributed by atoms with E-state index in [9.17, 15) is 5.11 Å². The van der Waals surface area contributed by atoms with E-state index in [-0.39, 0.29) is 0 Å². The third kappa shape index (κ3) is 1.95. The molecule has 0 spiro atoms. The zero-order chi connectivity index (χ0) is 10.2. The highest BCUT2D eigenvalue weighted by Crippen LogP contribution is 2.39. The van der Waals surface area contributed by atoms with Crippen LogP contribution in [0.25, 0.3) is 0 Å². The van der Waals surface area contributed by atoms with Gasteiger partial charge in [-0.1, -0.05) is 12.8 Å². The van der Waals surface area contributed by atoms with Gasteiger partial charge in [0.05, 0.1) is 5.60 Å². The van der Waals surface area contributed by atoms with Crippen LogP contribution in [0.15, 0.2) is 0 Å². The molecule has 0 radical (unpaired) electrons. The molecule has 0 bridgehead atoms. The second kappa shape index (κ2) is 3.47. The van der Waals surface area contributed by atoms with Gasteiger partial charge < -0.3 is 10.8 Å². The Labute approximate surface area is 86.3 Å². The SMILES string of the molecule is CC1(O)CN(CC2(CN)CCCC2)C1. The van der Waals surface area contributed by atoms with Crippen molar-refractivity contribution >= 4 is 0 Å². The van der Waals surface area contributed by atoms with E-state index in [1.54, 1.807) is 0 Å². The van der Waals surface area contributed by atoms with Crippen molar-refractivity contribution in [2.24, 2.45) is 11.1 Å². The summed E-state index contributed by atoms with van der Waals surface area (Å²) in [6, 6.07) is 0. The zero-order valence-corrected chi connectivity index (χ0v) is 9.13. The predicted octanol–water partition coefficient (Wildman–Crippen LogP) is 0.572. The van der Waals surface area contributed by atoms with Gasteiger partial charge in [-0.2, -0.15) is 0 Å². The van der Waals surface area contributed by atoms with Gasteiger partial charge in [-0.3, -0.25) is 4.90 Å². The molecule has 3 N–H and O–H groups in total. The lowest BCUT2D eigenvalue weighted by molar-refractivity contribution is -0.0962. The Balaban J connectivity index is 1.84. The van der Waals surface area contributed by atoms with Crippen molar-refractivity contribution in [3.05, 3.63) is 0 Å². The Morgan fingerprint density at radius 2 is 1.86 bits per heavy atom. The second-order valence-corrected chi connectivity index (χ2v) is 5.55. The lowest BCUT2D eigenvalue weighted by Crippen LogP contribution is -2.62. The summed E-state index contributed by atoms with van der Waals surface area (Å²) < 4.78 is 0. The van der Waals surface area contributed by atoms with Crippen molar-refractivity contribution in [2.75, 3.05) is 26.2 Å². The Kier molecular flexibility index (Phi) is 2.58. The summed E-state index contributed by atoms with van der Waals surface area (Å²) in [6.45, 7) is 5.47. The van der Waals surface area contributed by atoms with Crippen LogP contribution in [0, 0.1) is 5.41 Å². The van der Waals surface area contributed by atoms with E-state index in [4.69, 9.17) is 5.73 Å². The monoisotopic (exact) mass is 198 g/mol. The molecule has 82 valence electrons. The van der Waals surface area contributed by atoms with E-state index in [0.29, 0.717) is 5.41 Å². The quantitative estimate of drug-likeness (QED) is 0.697. The number of hydrogen-bond acceptors (Lipinski definition) is 3. The minimum atomic E-state index is -0.436. The molecule has 0 aromatic rings. The average molecular weight is 198 g/mol. The topological polar surface area (TPSA) is 49.5 Å². The van der Waals surface area contributed by atoms with Crippen LogP contribution in [0.2, 0.25) is 0 Å². The summed E-state index contributed by atoms with van der Waals surface area (Å²) in [5.41, 5.74) is 5.81. The average Bonchev–Trinajstić information content (AvgIpc) is 2.51. The van der Waals surface area contributed by atoms with Crippen molar-refractivity contribution in [2.45, 2.75) is 38.2 Å². The summed E-state index contributed by atoms with van der Waals surface area (Å²) in [6.07, 6.45) is 5.23. The summed E-state index contributed by atoms with van der Waals surface area (Å²) in [7, 11) is 0. The van der Waals surface area contributed by atoms with Crippen LogP contribution in [0.3, 0.4) is 0 Å². The molecule has 0 aromatic heterocycles. The van der Waals surface area contributed by atoms with E-state index >= 15 is 0 Å². The van der Waals surface area contributed by atoms with E-state index in [0.717, 1.165) is 26.2 Å². The summed E-state index contributed by atoms with van der Waals surface area (Å²) >= 11 is 0. The molecular weight excluding hydrogens is 176 g/mol. The molecule has 0 aromatic carbocycles. The van der Waals surface area contributed by atoms with E-state index in [1.165, 1.54) is 25.7 Å². The minimum Gasteiger partial charge on any atom is -0.388 e. The normalized spacial score (nSPS) is 30.2. The molecule has 14 heavy (non-hydrogen) atoms. The van der Waals surface area contributed by atoms with Crippen LogP contribution < -0.4 is 5.73 Å². The maximum absolute atomic E-state index is 9.64. The first-order valence-corrected chi connectivity index (χ1v) is 5.70. The fraction of sp³-hybridized carbons (Fsp3) is 1.00. The Hall–Kier alpha value is -0.120. The van der Waals surface area contributed by atoms with Crippen LogP contribution in [-0.2, 0) is 0 Å². The number of nitrogens with zero attached hydrogens (tertiary/aromatic N) is 1. The van der Waals surface area contributed by atoms with Crippen LogP contribution in [0.4, 0.5) is 0 Å². The standard InChI is InChI=1S/C11H22N2O/c1-10(14)7-13(8-10)9-11(6-12)4-2-3-5-11/h14H,2-9,12H2,1H3. The molecular formula is C11H22N2O. The maximum atomic E-state index is 9.64. The molecule has 1 aliphatic carbocycles. The van der Waals surface area contributed by atoms with Gasteiger partial charge >= 0.3 is 0 Å². The van der Waals surface area contributed by atoms with Crippen molar-refractivity contribution in [1.82, 2.24) is 4.90 Å². The highest BCUT2D eigenvalue weighted by Gasteiger charge is 2.42. The van der Waals surface area contributed by atoms with E-state index in [2.05, 4.69) is 4.90 Å². The first kappa shape index (κ1) is 10.4. The van der Waals surface area contributed by atoms with Crippen LogP contribution in [0.5, 0.6) is 0 Å². The van der Waals surface area contributed by atoms with Crippen LogP contribution in [0.1, 0.15) is 32.6 Å². The Morgan fingerprint density at radius 3 is 2.29 bits per heavy atom. The highest BCUT2D eigenvalue weighted by atomic mass is 16.3. The Morgan fingerprint density at radius 1 is 1.29 bits per heavy atom. The van der Waals surface area contributed by atoms with Crippen molar-refractivity contribution < 1.29 is 5.11 Å². The van der Waals surface area contributed by atoms with Gasteiger partial charge in [-0.05, 0) is 31.7 Å². The summed E-state index contributed by atoms with van der Waals surface area (Å²) in [5.74, 6) is 0. The number of nitrogens with two attached hydrogens (primary N) is 1. The van der Waals surface area contributed by atoms with Crippen molar-refractivity contribution in [3.8, 4) is 0 Å². The first-order valence-electron chi connectivity index (χ1n) is 5.70. The van der Waals surface area contributed by atoms with Crippen molar-refractivity contribution in [3.63, 3.8) is 0 Å². The molecule has 3 heteroatoms. The second-order valence-electron chi connectivity index (χ2n) is 5.55. The Bertz CT molecular complexity index is 201. The largest absolute Gasteiger partial charge is 0.388 e. The van der Waals surface area contributed by atoms with Gasteiger partial charge in [0.25, 0.3) is 0 Å². The van der Waals surface area contributed by atoms with E-state index in [1.807, 2.05) is 6.92 Å². The molecule has 1 aliphatic heterocycles. The number of rotatable bonds is 3. The number of likely N-dealkylation sites (tertiary alicyclic amines) is 1. The highest BCUT2D eigenvalue weighted by molar-refractivity contribution is 4.97. The van der Waals surface area contributed by atoms with E-state index < -0.39 is 5.60 Å². The maximum Gasteiger partial charge on any atom is 0.0872 e. The molecule has 1 saturated carbocycles. The first-order chi connectivity index (χ1) is 6.55. The molecule has 1 saturated heterocycles. The van der Waals surface area contributed by atoms with Gasteiger partial charge in [-0.15, -0.1) is 0 Å².